The predicted octanol–water partition coefficient (Wildman–Crippen LogP) is 3.35. The lowest BCUT2D eigenvalue weighted by molar-refractivity contribution is 0.223. The molecule has 1 heterocycles. The van der Waals surface area contributed by atoms with Crippen LogP contribution < -0.4 is 5.32 Å². The molecule has 0 spiro atoms. The Morgan fingerprint density at radius 2 is 1.95 bits per heavy atom. The van der Waals surface area contributed by atoms with Gasteiger partial charge >= 0.3 is 0 Å². The SMILES string of the molecule is CSCCC(C)N(C)Cc1ccc(CNC(C)C)o1. The first-order valence-electron chi connectivity index (χ1n) is 7.03. The van der Waals surface area contributed by atoms with Crippen LogP contribution in [0.2, 0.25) is 0 Å². The maximum absolute atomic E-state index is 5.85. The van der Waals surface area contributed by atoms with E-state index in [0.29, 0.717) is 12.1 Å². The Labute approximate surface area is 122 Å². The predicted molar refractivity (Wildman–Crippen MR) is 84.6 cm³/mol. The highest BCUT2D eigenvalue weighted by Crippen LogP contribution is 2.13. The molecule has 1 aromatic rings. The van der Waals surface area contributed by atoms with Gasteiger partial charge in [-0.3, -0.25) is 4.90 Å². The second-order valence-electron chi connectivity index (χ2n) is 5.45. The minimum Gasteiger partial charge on any atom is -0.463 e. The highest BCUT2D eigenvalue weighted by Gasteiger charge is 2.11. The van der Waals surface area contributed by atoms with Gasteiger partial charge in [0, 0.05) is 12.1 Å². The molecule has 3 nitrogen and oxygen atoms in total. The molecular weight excluding hydrogens is 256 g/mol. The Morgan fingerprint density at radius 1 is 1.26 bits per heavy atom. The summed E-state index contributed by atoms with van der Waals surface area (Å²) in [6.45, 7) is 8.26. The highest BCUT2D eigenvalue weighted by atomic mass is 32.2. The standard InChI is InChI=1S/C15H28N2OS/c1-12(2)16-10-14-6-7-15(18-14)11-17(4)13(3)8-9-19-5/h6-7,12-13,16H,8-11H2,1-5H3. The lowest BCUT2D eigenvalue weighted by Crippen LogP contribution is -2.28. The summed E-state index contributed by atoms with van der Waals surface area (Å²) in [5.41, 5.74) is 0. The Balaban J connectivity index is 2.39. The van der Waals surface area contributed by atoms with E-state index in [1.165, 1.54) is 12.2 Å². The molecule has 0 bridgehead atoms. The van der Waals surface area contributed by atoms with Gasteiger partial charge in [-0.2, -0.15) is 11.8 Å². The van der Waals surface area contributed by atoms with E-state index in [2.05, 4.69) is 56.4 Å². The molecule has 0 aliphatic carbocycles. The number of thioether (sulfide) groups is 1. The summed E-state index contributed by atoms with van der Waals surface area (Å²) in [6, 6.07) is 5.25. The molecule has 110 valence electrons. The Hall–Kier alpha value is -0.450. The van der Waals surface area contributed by atoms with Crippen LogP contribution in [0.1, 0.15) is 38.7 Å². The summed E-state index contributed by atoms with van der Waals surface area (Å²) in [5, 5.41) is 3.37. The van der Waals surface area contributed by atoms with Gasteiger partial charge in [0.1, 0.15) is 11.5 Å². The number of hydrogen-bond acceptors (Lipinski definition) is 4. The smallest absolute Gasteiger partial charge is 0.118 e. The van der Waals surface area contributed by atoms with Crippen LogP contribution >= 0.6 is 11.8 Å². The molecule has 0 aliphatic rings. The number of nitrogens with one attached hydrogen (secondary N) is 1. The van der Waals surface area contributed by atoms with Crippen molar-refractivity contribution in [3.63, 3.8) is 0 Å². The van der Waals surface area contributed by atoms with Gasteiger partial charge in [0.15, 0.2) is 0 Å². The molecule has 4 heteroatoms. The van der Waals surface area contributed by atoms with Gasteiger partial charge in [-0.05, 0) is 44.5 Å². The van der Waals surface area contributed by atoms with Crippen molar-refractivity contribution in [3.8, 4) is 0 Å². The molecule has 0 radical (unpaired) electrons. The highest BCUT2D eigenvalue weighted by molar-refractivity contribution is 7.98. The Kier molecular flexibility index (Phi) is 7.57. The average Bonchev–Trinajstić information content (AvgIpc) is 2.81. The normalized spacial score (nSPS) is 13.4. The van der Waals surface area contributed by atoms with Gasteiger partial charge in [-0.25, -0.2) is 0 Å². The van der Waals surface area contributed by atoms with Crippen molar-refractivity contribution >= 4 is 11.8 Å². The number of furan rings is 1. The van der Waals surface area contributed by atoms with Crippen LogP contribution in [0.15, 0.2) is 16.5 Å². The van der Waals surface area contributed by atoms with E-state index in [-0.39, 0.29) is 0 Å². The Morgan fingerprint density at radius 3 is 2.58 bits per heavy atom. The lowest BCUT2D eigenvalue weighted by Gasteiger charge is -2.23. The third-order valence-corrected chi connectivity index (χ3v) is 3.94. The number of nitrogens with zero attached hydrogens (tertiary/aromatic N) is 1. The molecule has 0 fully saturated rings. The molecule has 0 amide bonds. The monoisotopic (exact) mass is 284 g/mol. The zero-order chi connectivity index (χ0) is 14.3. The van der Waals surface area contributed by atoms with Crippen LogP contribution in [0, 0.1) is 0 Å². The zero-order valence-corrected chi connectivity index (χ0v) is 13.7. The fraction of sp³-hybridized carbons (Fsp3) is 0.733. The molecule has 1 aromatic heterocycles. The molecule has 0 saturated carbocycles. The molecule has 0 saturated heterocycles. The maximum atomic E-state index is 5.85. The average molecular weight is 284 g/mol. The van der Waals surface area contributed by atoms with Crippen molar-refractivity contribution in [1.29, 1.82) is 0 Å². The third-order valence-electron chi connectivity index (χ3n) is 3.30. The van der Waals surface area contributed by atoms with E-state index < -0.39 is 0 Å². The lowest BCUT2D eigenvalue weighted by atomic mass is 10.2. The summed E-state index contributed by atoms with van der Waals surface area (Å²) < 4.78 is 5.85. The van der Waals surface area contributed by atoms with Crippen molar-refractivity contribution in [2.45, 2.75) is 52.4 Å². The van der Waals surface area contributed by atoms with Crippen LogP contribution in [0.25, 0.3) is 0 Å². The maximum Gasteiger partial charge on any atom is 0.118 e. The van der Waals surface area contributed by atoms with E-state index >= 15 is 0 Å². The third kappa shape index (κ3) is 6.50. The molecule has 0 aromatic carbocycles. The minimum atomic E-state index is 0.489. The summed E-state index contributed by atoms with van der Waals surface area (Å²) in [6.07, 6.45) is 3.38. The largest absolute Gasteiger partial charge is 0.463 e. The van der Waals surface area contributed by atoms with Gasteiger partial charge in [-0.1, -0.05) is 13.8 Å². The van der Waals surface area contributed by atoms with Crippen molar-refractivity contribution < 1.29 is 4.42 Å². The number of rotatable bonds is 9. The van der Waals surface area contributed by atoms with E-state index in [1.54, 1.807) is 0 Å². The van der Waals surface area contributed by atoms with E-state index in [4.69, 9.17) is 4.42 Å². The molecule has 1 rings (SSSR count). The molecule has 1 unspecified atom stereocenters. The van der Waals surface area contributed by atoms with Crippen LogP contribution in [-0.2, 0) is 13.1 Å². The van der Waals surface area contributed by atoms with Crippen molar-refractivity contribution in [2.75, 3.05) is 19.1 Å². The minimum absolute atomic E-state index is 0.489. The van der Waals surface area contributed by atoms with Gasteiger partial charge in [0.05, 0.1) is 13.1 Å². The second kappa shape index (κ2) is 8.67. The van der Waals surface area contributed by atoms with Crippen molar-refractivity contribution in [1.82, 2.24) is 10.2 Å². The van der Waals surface area contributed by atoms with Gasteiger partial charge in [0.25, 0.3) is 0 Å². The molecule has 1 atom stereocenters. The molecule has 0 aliphatic heterocycles. The summed E-state index contributed by atoms with van der Waals surface area (Å²) in [7, 11) is 2.17. The van der Waals surface area contributed by atoms with E-state index in [9.17, 15) is 0 Å². The first-order chi connectivity index (χ1) is 9.02. The van der Waals surface area contributed by atoms with Crippen LogP contribution in [0.5, 0.6) is 0 Å². The zero-order valence-electron chi connectivity index (χ0n) is 12.9. The summed E-state index contributed by atoms with van der Waals surface area (Å²) >= 11 is 1.91. The number of hydrogen-bond donors (Lipinski definition) is 1. The van der Waals surface area contributed by atoms with Gasteiger partial charge < -0.3 is 9.73 Å². The first-order valence-corrected chi connectivity index (χ1v) is 8.42. The summed E-state index contributed by atoms with van der Waals surface area (Å²) in [5.74, 6) is 3.29. The van der Waals surface area contributed by atoms with Gasteiger partial charge in [-0.15, -0.1) is 0 Å². The molecule has 19 heavy (non-hydrogen) atoms. The van der Waals surface area contributed by atoms with Crippen LogP contribution in [0.3, 0.4) is 0 Å². The fourth-order valence-corrected chi connectivity index (χ4v) is 2.39. The fourth-order valence-electron chi connectivity index (χ4n) is 1.82. The van der Waals surface area contributed by atoms with Crippen molar-refractivity contribution in [2.24, 2.45) is 0 Å². The first kappa shape index (κ1) is 16.6. The second-order valence-corrected chi connectivity index (χ2v) is 6.43. The van der Waals surface area contributed by atoms with E-state index in [1.807, 2.05) is 11.8 Å². The quantitative estimate of drug-likeness (QED) is 0.753. The summed E-state index contributed by atoms with van der Waals surface area (Å²) in [4.78, 5) is 2.36. The van der Waals surface area contributed by atoms with Crippen molar-refractivity contribution in [3.05, 3.63) is 23.7 Å². The van der Waals surface area contributed by atoms with Gasteiger partial charge in [0.2, 0.25) is 0 Å². The van der Waals surface area contributed by atoms with Crippen LogP contribution in [0.4, 0.5) is 0 Å². The Bertz CT molecular complexity index is 352. The molecule has 1 N–H and O–H groups in total. The molecular formula is C15H28N2OS. The van der Waals surface area contributed by atoms with Crippen LogP contribution in [-0.4, -0.2) is 36.0 Å². The topological polar surface area (TPSA) is 28.4 Å². The van der Waals surface area contributed by atoms with E-state index in [0.717, 1.165) is 24.6 Å².